The summed E-state index contributed by atoms with van der Waals surface area (Å²) in [6.07, 6.45) is 0. The van der Waals surface area contributed by atoms with E-state index in [4.69, 9.17) is 4.74 Å². The molecular formula is C16H14N2O3S. The van der Waals surface area contributed by atoms with Gasteiger partial charge in [0.25, 0.3) is 5.56 Å². The molecule has 0 unspecified atom stereocenters. The average molecular weight is 314 g/mol. The number of thiophene rings is 1. The molecule has 22 heavy (non-hydrogen) atoms. The molecule has 0 aliphatic heterocycles. The molecule has 0 bridgehead atoms. The predicted molar refractivity (Wildman–Crippen MR) is 85.9 cm³/mol. The zero-order valence-corrected chi connectivity index (χ0v) is 12.8. The number of carbonyl (C=O) groups is 1. The highest BCUT2D eigenvalue weighted by Crippen LogP contribution is 2.28. The molecule has 0 atom stereocenters. The fourth-order valence-corrected chi connectivity index (χ4v) is 2.99. The van der Waals surface area contributed by atoms with E-state index >= 15 is 0 Å². The second-order valence-electron chi connectivity index (χ2n) is 4.64. The maximum absolute atomic E-state index is 12.5. The SMILES string of the molecule is CCOC(=O)Cn1nc(-c2cccs2)c2ccccc2c1=O. The van der Waals surface area contributed by atoms with Crippen LogP contribution < -0.4 is 5.56 Å². The molecule has 6 heteroatoms. The molecule has 0 fully saturated rings. The summed E-state index contributed by atoms with van der Waals surface area (Å²) in [5.41, 5.74) is 0.415. The van der Waals surface area contributed by atoms with Crippen molar-refractivity contribution in [2.24, 2.45) is 0 Å². The van der Waals surface area contributed by atoms with Crippen molar-refractivity contribution in [3.8, 4) is 10.6 Å². The Hall–Kier alpha value is -2.47. The number of nitrogens with zero attached hydrogens (tertiary/aromatic N) is 2. The van der Waals surface area contributed by atoms with Gasteiger partial charge in [-0.15, -0.1) is 11.3 Å². The van der Waals surface area contributed by atoms with Crippen LogP contribution in [0.25, 0.3) is 21.3 Å². The standard InChI is InChI=1S/C16H14N2O3S/c1-2-21-14(19)10-18-16(20)12-7-4-3-6-11(12)15(17-18)13-8-5-9-22-13/h3-9H,2,10H2,1H3. The number of fused-ring (bicyclic) bond motifs is 1. The van der Waals surface area contributed by atoms with Crippen LogP contribution in [0.4, 0.5) is 0 Å². The summed E-state index contributed by atoms with van der Waals surface area (Å²) in [6.45, 7) is 1.82. The van der Waals surface area contributed by atoms with Crippen LogP contribution in [-0.4, -0.2) is 22.4 Å². The van der Waals surface area contributed by atoms with Gasteiger partial charge in [-0.2, -0.15) is 5.10 Å². The van der Waals surface area contributed by atoms with Crippen molar-refractivity contribution in [3.63, 3.8) is 0 Å². The van der Waals surface area contributed by atoms with Crippen LogP contribution in [0.15, 0.2) is 46.6 Å². The summed E-state index contributed by atoms with van der Waals surface area (Å²) >= 11 is 1.54. The molecule has 0 saturated heterocycles. The minimum Gasteiger partial charge on any atom is -0.465 e. The van der Waals surface area contributed by atoms with Gasteiger partial charge in [0, 0.05) is 5.39 Å². The fourth-order valence-electron chi connectivity index (χ4n) is 2.27. The van der Waals surface area contributed by atoms with Crippen LogP contribution in [0.3, 0.4) is 0 Å². The van der Waals surface area contributed by atoms with E-state index in [2.05, 4.69) is 5.10 Å². The van der Waals surface area contributed by atoms with Gasteiger partial charge in [0.15, 0.2) is 0 Å². The Morgan fingerprint density at radius 1 is 1.23 bits per heavy atom. The van der Waals surface area contributed by atoms with Crippen LogP contribution in [0.5, 0.6) is 0 Å². The van der Waals surface area contributed by atoms with E-state index in [0.717, 1.165) is 10.3 Å². The van der Waals surface area contributed by atoms with Gasteiger partial charge in [0.2, 0.25) is 0 Å². The van der Waals surface area contributed by atoms with Crippen LogP contribution in [-0.2, 0) is 16.1 Å². The molecule has 0 spiro atoms. The first kappa shape index (κ1) is 14.5. The molecule has 0 amide bonds. The Morgan fingerprint density at radius 3 is 2.68 bits per heavy atom. The van der Waals surface area contributed by atoms with Gasteiger partial charge >= 0.3 is 5.97 Å². The van der Waals surface area contributed by atoms with Crippen LogP contribution in [0.1, 0.15) is 6.92 Å². The Kier molecular flexibility index (Phi) is 4.02. The number of esters is 1. The third kappa shape index (κ3) is 2.65. The smallest absolute Gasteiger partial charge is 0.327 e. The van der Waals surface area contributed by atoms with Crippen molar-refractivity contribution in [1.82, 2.24) is 9.78 Å². The maximum atomic E-state index is 12.5. The Morgan fingerprint density at radius 2 is 2.00 bits per heavy atom. The van der Waals surface area contributed by atoms with Crippen molar-refractivity contribution < 1.29 is 9.53 Å². The zero-order chi connectivity index (χ0) is 15.5. The van der Waals surface area contributed by atoms with Crippen LogP contribution in [0, 0.1) is 0 Å². The van der Waals surface area contributed by atoms with Gasteiger partial charge < -0.3 is 4.74 Å². The lowest BCUT2D eigenvalue weighted by Crippen LogP contribution is -2.28. The molecule has 112 valence electrons. The second kappa shape index (κ2) is 6.11. The summed E-state index contributed by atoms with van der Waals surface area (Å²) < 4.78 is 6.08. The molecule has 0 aliphatic carbocycles. The normalized spacial score (nSPS) is 10.8. The van der Waals surface area contributed by atoms with E-state index in [1.165, 1.54) is 4.68 Å². The van der Waals surface area contributed by atoms with E-state index in [1.807, 2.05) is 29.6 Å². The van der Waals surface area contributed by atoms with Gasteiger partial charge in [0.1, 0.15) is 12.2 Å². The van der Waals surface area contributed by atoms with Gasteiger partial charge in [-0.25, -0.2) is 4.68 Å². The highest BCUT2D eigenvalue weighted by molar-refractivity contribution is 7.13. The van der Waals surface area contributed by atoms with E-state index < -0.39 is 5.97 Å². The quantitative estimate of drug-likeness (QED) is 0.695. The van der Waals surface area contributed by atoms with Crippen molar-refractivity contribution in [2.45, 2.75) is 13.5 Å². The van der Waals surface area contributed by atoms with Gasteiger partial charge in [-0.05, 0) is 24.4 Å². The highest BCUT2D eigenvalue weighted by Gasteiger charge is 2.14. The monoisotopic (exact) mass is 314 g/mol. The number of hydrogen-bond donors (Lipinski definition) is 0. The van der Waals surface area contributed by atoms with E-state index in [0.29, 0.717) is 11.1 Å². The van der Waals surface area contributed by atoms with Crippen molar-refractivity contribution in [3.05, 3.63) is 52.1 Å². The Bertz CT molecular complexity index is 869. The third-order valence-corrected chi connectivity index (χ3v) is 4.08. The lowest BCUT2D eigenvalue weighted by molar-refractivity contribution is -0.144. The van der Waals surface area contributed by atoms with E-state index in [9.17, 15) is 9.59 Å². The Labute approximate surface area is 130 Å². The van der Waals surface area contributed by atoms with Crippen molar-refractivity contribution >= 4 is 28.1 Å². The number of benzene rings is 1. The summed E-state index contributed by atoms with van der Waals surface area (Å²) in [5, 5.41) is 7.66. The first-order valence-electron chi connectivity index (χ1n) is 6.90. The largest absolute Gasteiger partial charge is 0.465 e. The second-order valence-corrected chi connectivity index (χ2v) is 5.59. The van der Waals surface area contributed by atoms with E-state index in [-0.39, 0.29) is 18.7 Å². The molecular weight excluding hydrogens is 300 g/mol. The molecule has 3 aromatic rings. The van der Waals surface area contributed by atoms with Crippen LogP contribution in [0.2, 0.25) is 0 Å². The molecule has 5 nitrogen and oxygen atoms in total. The molecule has 0 aliphatic rings. The van der Waals surface area contributed by atoms with Gasteiger partial charge in [-0.3, -0.25) is 9.59 Å². The summed E-state index contributed by atoms with van der Waals surface area (Å²) in [7, 11) is 0. The lowest BCUT2D eigenvalue weighted by Gasteiger charge is -2.09. The number of hydrogen-bond acceptors (Lipinski definition) is 5. The first-order valence-corrected chi connectivity index (χ1v) is 7.78. The molecule has 2 heterocycles. The number of ether oxygens (including phenoxy) is 1. The lowest BCUT2D eigenvalue weighted by atomic mass is 10.1. The molecule has 0 radical (unpaired) electrons. The van der Waals surface area contributed by atoms with Gasteiger partial charge in [-0.1, -0.05) is 24.3 Å². The van der Waals surface area contributed by atoms with E-state index in [1.54, 1.807) is 30.4 Å². The van der Waals surface area contributed by atoms with Gasteiger partial charge in [0.05, 0.1) is 16.9 Å². The number of carbonyl (C=O) groups excluding carboxylic acids is 1. The molecule has 0 saturated carbocycles. The third-order valence-electron chi connectivity index (χ3n) is 3.21. The fraction of sp³-hybridized carbons (Fsp3) is 0.188. The number of rotatable bonds is 4. The summed E-state index contributed by atoms with van der Waals surface area (Å²) in [5.74, 6) is -0.468. The predicted octanol–water partition coefficient (Wildman–Crippen LogP) is 2.69. The van der Waals surface area contributed by atoms with Crippen molar-refractivity contribution in [1.29, 1.82) is 0 Å². The first-order chi connectivity index (χ1) is 10.7. The minimum absolute atomic E-state index is 0.185. The Balaban J connectivity index is 2.20. The van der Waals surface area contributed by atoms with Crippen LogP contribution >= 0.6 is 11.3 Å². The molecule has 3 rings (SSSR count). The zero-order valence-electron chi connectivity index (χ0n) is 12.0. The maximum Gasteiger partial charge on any atom is 0.327 e. The topological polar surface area (TPSA) is 61.2 Å². The molecule has 0 N–H and O–H groups in total. The van der Waals surface area contributed by atoms with Crippen molar-refractivity contribution in [2.75, 3.05) is 6.61 Å². The molecule has 2 aromatic heterocycles. The highest BCUT2D eigenvalue weighted by atomic mass is 32.1. The molecule has 1 aromatic carbocycles. The number of aromatic nitrogens is 2. The minimum atomic E-state index is -0.468. The summed E-state index contributed by atoms with van der Waals surface area (Å²) in [4.78, 5) is 25.1. The summed E-state index contributed by atoms with van der Waals surface area (Å²) in [6, 6.07) is 11.2. The average Bonchev–Trinajstić information content (AvgIpc) is 3.04.